The number of Topliss-reactive ketones (excluding diaryl/α,β-unsaturated/α-hetero) is 1. The summed E-state index contributed by atoms with van der Waals surface area (Å²) in [6.07, 6.45) is 4.50. The largest absolute Gasteiger partial charge is 0.497 e. The smallest absolute Gasteiger partial charge is 0.311 e. The highest BCUT2D eigenvalue weighted by atomic mass is 16.5. The molecule has 1 atom stereocenters. The lowest BCUT2D eigenvalue weighted by Crippen LogP contribution is -2.35. The van der Waals surface area contributed by atoms with E-state index in [1.165, 1.54) is 0 Å². The van der Waals surface area contributed by atoms with Crippen molar-refractivity contribution in [2.24, 2.45) is 5.92 Å². The highest BCUT2D eigenvalue weighted by Gasteiger charge is 2.39. The fourth-order valence-corrected chi connectivity index (χ4v) is 3.57. The van der Waals surface area contributed by atoms with Gasteiger partial charge in [-0.25, -0.2) is 0 Å². The van der Waals surface area contributed by atoms with Crippen molar-refractivity contribution in [1.29, 1.82) is 0 Å². The Morgan fingerprint density at radius 1 is 1.16 bits per heavy atom. The van der Waals surface area contributed by atoms with Gasteiger partial charge in [-0.2, -0.15) is 0 Å². The predicted octanol–water partition coefficient (Wildman–Crippen LogP) is 2.21. The topological polar surface area (TPSA) is 72.9 Å². The number of amides is 1. The molecule has 134 valence electrons. The molecule has 1 amide bonds. The number of benzene rings is 1. The van der Waals surface area contributed by atoms with Crippen LogP contribution in [0.15, 0.2) is 24.3 Å². The second-order valence-electron chi connectivity index (χ2n) is 6.64. The molecule has 0 aromatic heterocycles. The molecular formula is C19H23NO5. The van der Waals surface area contributed by atoms with E-state index in [4.69, 9.17) is 9.47 Å². The molecule has 0 unspecified atom stereocenters. The third-order valence-electron chi connectivity index (χ3n) is 5.01. The standard InChI is InChI=1S/C19H23NO5/c1-24-16-8-6-13(7-9-16)17(21)12-25-19(23)14-10-18(22)20(11-14)15-4-2-3-5-15/h6-9,14-15H,2-5,10-12H2,1H3/t14-/m1/s1. The molecule has 1 saturated carbocycles. The van der Waals surface area contributed by atoms with E-state index >= 15 is 0 Å². The molecular weight excluding hydrogens is 322 g/mol. The Labute approximate surface area is 147 Å². The van der Waals surface area contributed by atoms with Crippen LogP contribution >= 0.6 is 0 Å². The fraction of sp³-hybridized carbons (Fsp3) is 0.526. The van der Waals surface area contributed by atoms with E-state index < -0.39 is 11.9 Å². The van der Waals surface area contributed by atoms with Crippen molar-refractivity contribution in [2.75, 3.05) is 20.3 Å². The number of esters is 1. The van der Waals surface area contributed by atoms with Crippen molar-refractivity contribution in [3.05, 3.63) is 29.8 Å². The first kappa shape index (κ1) is 17.5. The number of carbonyl (C=O) groups is 3. The molecule has 1 aliphatic heterocycles. The molecule has 0 N–H and O–H groups in total. The maximum absolute atomic E-state index is 12.2. The van der Waals surface area contributed by atoms with Crippen molar-refractivity contribution in [1.82, 2.24) is 4.90 Å². The van der Waals surface area contributed by atoms with E-state index in [0.29, 0.717) is 17.9 Å². The van der Waals surface area contributed by atoms with Gasteiger partial charge in [-0.3, -0.25) is 14.4 Å². The van der Waals surface area contributed by atoms with Gasteiger partial charge in [-0.15, -0.1) is 0 Å². The molecule has 1 aromatic rings. The number of likely N-dealkylation sites (tertiary alicyclic amines) is 1. The second-order valence-corrected chi connectivity index (χ2v) is 6.64. The van der Waals surface area contributed by atoms with Crippen LogP contribution in [-0.2, 0) is 14.3 Å². The molecule has 2 aliphatic rings. The number of carbonyl (C=O) groups excluding carboxylic acids is 3. The maximum atomic E-state index is 12.2. The van der Waals surface area contributed by atoms with Gasteiger partial charge in [0.05, 0.1) is 13.0 Å². The number of rotatable bonds is 6. The third-order valence-corrected chi connectivity index (χ3v) is 5.01. The predicted molar refractivity (Wildman–Crippen MR) is 90.4 cm³/mol. The molecule has 0 radical (unpaired) electrons. The first-order valence-electron chi connectivity index (χ1n) is 8.72. The minimum atomic E-state index is -0.462. The zero-order valence-corrected chi connectivity index (χ0v) is 14.4. The number of ether oxygens (including phenoxy) is 2. The van der Waals surface area contributed by atoms with Gasteiger partial charge in [-0.1, -0.05) is 12.8 Å². The highest BCUT2D eigenvalue weighted by Crippen LogP contribution is 2.29. The Morgan fingerprint density at radius 2 is 1.84 bits per heavy atom. The van der Waals surface area contributed by atoms with Gasteiger partial charge in [0.2, 0.25) is 5.91 Å². The highest BCUT2D eigenvalue weighted by molar-refractivity contribution is 5.98. The van der Waals surface area contributed by atoms with Crippen molar-refractivity contribution >= 4 is 17.7 Å². The molecule has 1 heterocycles. The van der Waals surface area contributed by atoms with Crippen LogP contribution in [0.25, 0.3) is 0 Å². The molecule has 0 bridgehead atoms. The Hall–Kier alpha value is -2.37. The monoisotopic (exact) mass is 345 g/mol. The number of hydrogen-bond donors (Lipinski definition) is 0. The summed E-state index contributed by atoms with van der Waals surface area (Å²) in [5.41, 5.74) is 0.462. The van der Waals surface area contributed by atoms with Gasteiger partial charge in [-0.05, 0) is 37.1 Å². The summed E-state index contributed by atoms with van der Waals surface area (Å²) >= 11 is 0. The Bertz CT molecular complexity index is 648. The van der Waals surface area contributed by atoms with Crippen molar-refractivity contribution in [3.8, 4) is 5.75 Å². The molecule has 1 aliphatic carbocycles. The van der Waals surface area contributed by atoms with Crippen LogP contribution in [0.1, 0.15) is 42.5 Å². The summed E-state index contributed by atoms with van der Waals surface area (Å²) in [5, 5.41) is 0. The lowest BCUT2D eigenvalue weighted by molar-refractivity contribution is -0.147. The summed E-state index contributed by atoms with van der Waals surface area (Å²) in [7, 11) is 1.55. The molecule has 25 heavy (non-hydrogen) atoms. The van der Waals surface area contributed by atoms with Crippen LogP contribution < -0.4 is 4.74 Å². The van der Waals surface area contributed by atoms with E-state index in [1.807, 2.05) is 4.90 Å². The number of ketones is 1. The maximum Gasteiger partial charge on any atom is 0.311 e. The summed E-state index contributed by atoms with van der Waals surface area (Å²) in [5.74, 6) is -0.513. The molecule has 0 spiro atoms. The molecule has 2 fully saturated rings. The van der Waals surface area contributed by atoms with Crippen LogP contribution in [-0.4, -0.2) is 48.9 Å². The quantitative estimate of drug-likeness (QED) is 0.584. The minimum absolute atomic E-state index is 0.0235. The third kappa shape index (κ3) is 4.00. The first-order valence-corrected chi connectivity index (χ1v) is 8.72. The normalized spacial score (nSPS) is 20.8. The van der Waals surface area contributed by atoms with E-state index in [0.717, 1.165) is 25.7 Å². The van der Waals surface area contributed by atoms with Crippen LogP contribution in [0, 0.1) is 5.92 Å². The van der Waals surface area contributed by atoms with Crippen molar-refractivity contribution in [2.45, 2.75) is 38.1 Å². The summed E-state index contributed by atoms with van der Waals surface area (Å²) < 4.78 is 10.2. The van der Waals surface area contributed by atoms with Crippen LogP contribution in [0.3, 0.4) is 0 Å². The van der Waals surface area contributed by atoms with E-state index in [1.54, 1.807) is 31.4 Å². The van der Waals surface area contributed by atoms with Gasteiger partial charge >= 0.3 is 5.97 Å². The van der Waals surface area contributed by atoms with Crippen LogP contribution in [0.5, 0.6) is 5.75 Å². The van der Waals surface area contributed by atoms with Gasteiger partial charge in [0.1, 0.15) is 5.75 Å². The first-order chi connectivity index (χ1) is 12.1. The molecule has 6 heteroatoms. The molecule has 1 aromatic carbocycles. The summed E-state index contributed by atoms with van der Waals surface area (Å²) in [6, 6.07) is 6.91. The Morgan fingerprint density at radius 3 is 2.48 bits per heavy atom. The average molecular weight is 345 g/mol. The lowest BCUT2D eigenvalue weighted by atomic mass is 10.1. The van der Waals surface area contributed by atoms with E-state index in [9.17, 15) is 14.4 Å². The number of hydrogen-bond acceptors (Lipinski definition) is 5. The second kappa shape index (κ2) is 7.68. The SMILES string of the molecule is COc1ccc(C(=O)COC(=O)[C@@H]2CC(=O)N(C3CCCC3)C2)cc1. The van der Waals surface area contributed by atoms with Crippen LogP contribution in [0.2, 0.25) is 0 Å². The molecule has 1 saturated heterocycles. The van der Waals surface area contributed by atoms with Gasteiger partial charge in [0.25, 0.3) is 0 Å². The molecule has 3 rings (SSSR count). The average Bonchev–Trinajstić information content (AvgIpc) is 3.28. The van der Waals surface area contributed by atoms with Gasteiger partial charge < -0.3 is 14.4 Å². The van der Waals surface area contributed by atoms with E-state index in [2.05, 4.69) is 0 Å². The number of methoxy groups -OCH3 is 1. The zero-order chi connectivity index (χ0) is 17.8. The van der Waals surface area contributed by atoms with Crippen molar-refractivity contribution in [3.63, 3.8) is 0 Å². The lowest BCUT2D eigenvalue weighted by Gasteiger charge is -2.23. The zero-order valence-electron chi connectivity index (χ0n) is 14.4. The number of nitrogens with zero attached hydrogens (tertiary/aromatic N) is 1. The fourth-order valence-electron chi connectivity index (χ4n) is 3.57. The van der Waals surface area contributed by atoms with Crippen LogP contribution in [0.4, 0.5) is 0 Å². The van der Waals surface area contributed by atoms with E-state index in [-0.39, 0.29) is 30.8 Å². The summed E-state index contributed by atoms with van der Waals surface area (Å²) in [6.45, 7) is 0.109. The van der Waals surface area contributed by atoms with Gasteiger partial charge in [0.15, 0.2) is 12.4 Å². The minimum Gasteiger partial charge on any atom is -0.497 e. The Balaban J connectivity index is 1.50. The molecule has 6 nitrogen and oxygen atoms in total. The van der Waals surface area contributed by atoms with Gasteiger partial charge in [0, 0.05) is 24.6 Å². The van der Waals surface area contributed by atoms with Crippen molar-refractivity contribution < 1.29 is 23.9 Å². The summed E-state index contributed by atoms with van der Waals surface area (Å²) in [4.78, 5) is 38.3. The Kier molecular flexibility index (Phi) is 5.36.